The molecule has 2 heterocycles. The van der Waals surface area contributed by atoms with Crippen molar-refractivity contribution in [3.05, 3.63) is 69.8 Å². The predicted molar refractivity (Wildman–Crippen MR) is 122 cm³/mol. The maximum atomic E-state index is 11.4. The van der Waals surface area contributed by atoms with Gasteiger partial charge >= 0.3 is 11.9 Å². The number of piperazine rings is 1. The van der Waals surface area contributed by atoms with E-state index in [0.717, 1.165) is 32.7 Å². The first-order chi connectivity index (χ1) is 16.3. The van der Waals surface area contributed by atoms with Crippen LogP contribution in [0.3, 0.4) is 0 Å². The van der Waals surface area contributed by atoms with Crippen LogP contribution in [-0.2, 0) is 16.1 Å². The zero-order valence-corrected chi connectivity index (χ0v) is 18.3. The number of aliphatic carboxylic acids is 2. The Morgan fingerprint density at radius 1 is 0.971 bits per heavy atom. The second-order valence-electron chi connectivity index (χ2n) is 7.59. The summed E-state index contributed by atoms with van der Waals surface area (Å²) in [7, 11) is 0. The number of carboxylic acids is 2. The molecule has 0 bridgehead atoms. The van der Waals surface area contributed by atoms with E-state index in [0.29, 0.717) is 23.6 Å². The van der Waals surface area contributed by atoms with E-state index in [-0.39, 0.29) is 17.4 Å². The molecule has 0 radical (unpaired) electrons. The lowest BCUT2D eigenvalue weighted by Crippen LogP contribution is -2.45. The van der Waals surface area contributed by atoms with Gasteiger partial charge in [-0.3, -0.25) is 19.9 Å². The molecule has 2 N–H and O–H groups in total. The van der Waals surface area contributed by atoms with Gasteiger partial charge in [0, 0.05) is 44.8 Å². The van der Waals surface area contributed by atoms with Gasteiger partial charge in [0.1, 0.15) is 0 Å². The topological polar surface area (TPSA) is 143 Å². The molecule has 4 rings (SSSR count). The molecule has 1 saturated heterocycles. The Hall–Kier alpha value is -3.96. The number of nitrogens with zero attached hydrogens (tertiary/aromatic N) is 3. The van der Waals surface area contributed by atoms with Crippen molar-refractivity contribution >= 4 is 23.7 Å². The Bertz CT molecular complexity index is 1040. The number of carbonyl (C=O) groups is 2. The van der Waals surface area contributed by atoms with E-state index >= 15 is 0 Å². The van der Waals surface area contributed by atoms with Gasteiger partial charge in [0.05, 0.1) is 11.0 Å². The fourth-order valence-electron chi connectivity index (χ4n) is 3.54. The largest absolute Gasteiger partial charge is 0.473 e. The first-order valence-electron chi connectivity index (χ1n) is 10.5. The highest BCUT2D eigenvalue weighted by Crippen LogP contribution is 2.38. The van der Waals surface area contributed by atoms with Gasteiger partial charge in [-0.15, -0.1) is 0 Å². The van der Waals surface area contributed by atoms with Crippen molar-refractivity contribution < 1.29 is 34.2 Å². The van der Waals surface area contributed by atoms with E-state index in [4.69, 9.17) is 29.3 Å². The lowest BCUT2D eigenvalue weighted by molar-refractivity contribution is -0.385. The molecule has 11 nitrogen and oxygen atoms in total. The van der Waals surface area contributed by atoms with Gasteiger partial charge in [-0.1, -0.05) is 42.5 Å². The molecule has 2 aliphatic rings. The summed E-state index contributed by atoms with van der Waals surface area (Å²) in [5, 5.41) is 26.2. The summed E-state index contributed by atoms with van der Waals surface area (Å²) in [6, 6.07) is 13.5. The molecule has 0 amide bonds. The van der Waals surface area contributed by atoms with Crippen LogP contribution in [0, 0.1) is 10.1 Å². The lowest BCUT2D eigenvalue weighted by atomic mass is 10.1. The fraction of sp³-hybridized carbons (Fsp3) is 0.304. The highest BCUT2D eigenvalue weighted by atomic mass is 16.7. The fourth-order valence-corrected chi connectivity index (χ4v) is 3.54. The maximum Gasteiger partial charge on any atom is 0.414 e. The number of rotatable bonds is 6. The van der Waals surface area contributed by atoms with Gasteiger partial charge in [0.2, 0.25) is 6.79 Å². The quantitative estimate of drug-likeness (QED) is 0.366. The molecular formula is C23H25N3O8. The minimum absolute atomic E-state index is 0.0949. The third-order valence-electron chi connectivity index (χ3n) is 5.29. The van der Waals surface area contributed by atoms with Crippen molar-refractivity contribution in [1.82, 2.24) is 9.80 Å². The molecule has 34 heavy (non-hydrogen) atoms. The molecule has 0 unspecified atom stereocenters. The molecule has 0 aromatic heterocycles. The average Bonchev–Trinajstić information content (AvgIpc) is 3.28. The first kappa shape index (κ1) is 24.7. The number of nitro benzene ring substituents is 1. The van der Waals surface area contributed by atoms with Gasteiger partial charge in [0.15, 0.2) is 11.5 Å². The summed E-state index contributed by atoms with van der Waals surface area (Å²) in [5.41, 5.74) is 1.97. The molecule has 2 aromatic carbocycles. The van der Waals surface area contributed by atoms with Crippen molar-refractivity contribution in [2.24, 2.45) is 0 Å². The Balaban J connectivity index is 0.000000481. The summed E-state index contributed by atoms with van der Waals surface area (Å²) >= 11 is 0. The molecule has 2 aromatic rings. The summed E-state index contributed by atoms with van der Waals surface area (Å²) in [5.74, 6) is -2.61. The predicted octanol–water partition coefficient (Wildman–Crippen LogP) is 2.31. The molecule has 0 saturated carbocycles. The summed E-state index contributed by atoms with van der Waals surface area (Å²) in [6.07, 6.45) is 4.33. The number of ether oxygens (including phenoxy) is 2. The minimum atomic E-state index is -1.82. The van der Waals surface area contributed by atoms with Crippen LogP contribution in [0.1, 0.15) is 11.1 Å². The highest BCUT2D eigenvalue weighted by Gasteiger charge is 2.25. The van der Waals surface area contributed by atoms with E-state index in [1.165, 1.54) is 11.6 Å². The number of benzene rings is 2. The number of carboxylic acid groups (broad SMARTS) is 2. The van der Waals surface area contributed by atoms with Crippen LogP contribution in [0.2, 0.25) is 0 Å². The van der Waals surface area contributed by atoms with E-state index < -0.39 is 11.9 Å². The van der Waals surface area contributed by atoms with Crippen LogP contribution < -0.4 is 9.47 Å². The second-order valence-corrected chi connectivity index (χ2v) is 7.59. The number of hydrogen-bond acceptors (Lipinski definition) is 8. The third-order valence-corrected chi connectivity index (χ3v) is 5.29. The third kappa shape index (κ3) is 7.02. The van der Waals surface area contributed by atoms with Crippen molar-refractivity contribution in [2.45, 2.75) is 6.54 Å². The zero-order valence-electron chi connectivity index (χ0n) is 18.3. The van der Waals surface area contributed by atoms with E-state index in [1.807, 2.05) is 18.2 Å². The van der Waals surface area contributed by atoms with Crippen LogP contribution in [0.25, 0.3) is 6.08 Å². The van der Waals surface area contributed by atoms with Crippen LogP contribution >= 0.6 is 0 Å². The van der Waals surface area contributed by atoms with Crippen molar-refractivity contribution in [3.8, 4) is 11.5 Å². The Morgan fingerprint density at radius 2 is 1.56 bits per heavy atom. The molecule has 2 aliphatic heterocycles. The molecule has 0 spiro atoms. The van der Waals surface area contributed by atoms with Gasteiger partial charge in [-0.25, -0.2) is 9.59 Å². The average molecular weight is 471 g/mol. The minimum Gasteiger partial charge on any atom is -0.473 e. The summed E-state index contributed by atoms with van der Waals surface area (Å²) in [4.78, 5) is 33.9. The molecule has 1 fully saturated rings. The second kappa shape index (κ2) is 11.8. The zero-order chi connectivity index (χ0) is 24.5. The van der Waals surface area contributed by atoms with Crippen molar-refractivity contribution in [1.29, 1.82) is 0 Å². The first-order valence-corrected chi connectivity index (χ1v) is 10.5. The van der Waals surface area contributed by atoms with Gasteiger partial charge in [0.25, 0.3) is 5.69 Å². The Labute approximate surface area is 195 Å². The van der Waals surface area contributed by atoms with E-state index in [9.17, 15) is 10.1 Å². The standard InChI is InChI=1S/C21H23N3O4.C2H2O4/c25-24(26)19-14-21-20(27-16-28-21)13-18(19)15-23-11-9-22(10-12-23)8-4-7-17-5-2-1-3-6-17;3-1(4)2(5)6/h1-7,13-14H,8-12,15-16H2;(H,3,4)(H,5,6)/b7-4+;. The van der Waals surface area contributed by atoms with Crippen LogP contribution in [-0.4, -0.2) is 76.4 Å². The van der Waals surface area contributed by atoms with Gasteiger partial charge < -0.3 is 19.7 Å². The van der Waals surface area contributed by atoms with Gasteiger partial charge in [-0.2, -0.15) is 0 Å². The smallest absolute Gasteiger partial charge is 0.414 e. The monoisotopic (exact) mass is 471 g/mol. The van der Waals surface area contributed by atoms with Crippen molar-refractivity contribution in [2.75, 3.05) is 39.5 Å². The van der Waals surface area contributed by atoms with E-state index in [2.05, 4.69) is 34.1 Å². The SMILES string of the molecule is O=C(O)C(=O)O.O=[N+]([O-])c1cc2c(cc1CN1CCN(C/C=C/c3ccccc3)CC1)OCO2. The van der Waals surface area contributed by atoms with E-state index in [1.54, 1.807) is 6.07 Å². The molecular weight excluding hydrogens is 446 g/mol. The van der Waals surface area contributed by atoms with Gasteiger partial charge in [-0.05, 0) is 11.6 Å². The Kier molecular flexibility index (Phi) is 8.54. The maximum absolute atomic E-state index is 11.4. The number of nitro groups is 1. The number of fused-ring (bicyclic) bond motifs is 1. The van der Waals surface area contributed by atoms with Crippen molar-refractivity contribution in [3.63, 3.8) is 0 Å². The van der Waals surface area contributed by atoms with Crippen LogP contribution in [0.4, 0.5) is 5.69 Å². The van der Waals surface area contributed by atoms with Crippen LogP contribution in [0.5, 0.6) is 11.5 Å². The number of hydrogen-bond donors (Lipinski definition) is 2. The molecule has 11 heteroatoms. The molecule has 180 valence electrons. The molecule has 0 aliphatic carbocycles. The Morgan fingerprint density at radius 3 is 2.15 bits per heavy atom. The normalized spacial score (nSPS) is 15.5. The highest BCUT2D eigenvalue weighted by molar-refractivity contribution is 6.27. The molecule has 0 atom stereocenters. The summed E-state index contributed by atoms with van der Waals surface area (Å²) < 4.78 is 10.6. The van der Waals surface area contributed by atoms with Crippen LogP contribution in [0.15, 0.2) is 48.5 Å². The summed E-state index contributed by atoms with van der Waals surface area (Å²) in [6.45, 7) is 5.21. The lowest BCUT2D eigenvalue weighted by Gasteiger charge is -2.34.